The van der Waals surface area contributed by atoms with Gasteiger partial charge in [0, 0.05) is 6.07 Å². The van der Waals surface area contributed by atoms with Crippen molar-refractivity contribution in [2.45, 2.75) is 6.92 Å². The Kier molecular flexibility index (Phi) is 4.69. The molecule has 8 heteroatoms. The number of anilines is 3. The van der Waals surface area contributed by atoms with Crippen LogP contribution in [0.15, 0.2) is 47.1 Å². The van der Waals surface area contributed by atoms with E-state index in [2.05, 4.69) is 20.8 Å². The summed E-state index contributed by atoms with van der Waals surface area (Å²) >= 11 is 12.0. The van der Waals surface area contributed by atoms with E-state index < -0.39 is 0 Å². The van der Waals surface area contributed by atoms with Crippen molar-refractivity contribution >= 4 is 46.3 Å². The van der Waals surface area contributed by atoms with E-state index in [1.54, 1.807) is 43.3 Å². The molecule has 2 heterocycles. The molecule has 6 nitrogen and oxygen atoms in total. The SMILES string of the molecule is Cc1cc(Nc2ccc(C(=O)Nc3cccc(Cl)c3Cl)nc2)no1. The summed E-state index contributed by atoms with van der Waals surface area (Å²) in [5, 5.41) is 10.2. The van der Waals surface area contributed by atoms with Gasteiger partial charge in [0.25, 0.3) is 5.91 Å². The molecular weight excluding hydrogens is 351 g/mol. The summed E-state index contributed by atoms with van der Waals surface area (Å²) in [5.74, 6) is 0.875. The largest absolute Gasteiger partial charge is 0.360 e. The Morgan fingerprint density at radius 2 is 2.04 bits per heavy atom. The first-order chi connectivity index (χ1) is 11.5. The number of hydrogen-bond donors (Lipinski definition) is 2. The molecule has 0 atom stereocenters. The Balaban J connectivity index is 1.70. The van der Waals surface area contributed by atoms with Gasteiger partial charge >= 0.3 is 0 Å². The first kappa shape index (κ1) is 16.3. The van der Waals surface area contributed by atoms with Gasteiger partial charge in [0.05, 0.1) is 27.6 Å². The van der Waals surface area contributed by atoms with Gasteiger partial charge in [-0.05, 0) is 31.2 Å². The summed E-state index contributed by atoms with van der Waals surface area (Å²) in [4.78, 5) is 16.3. The van der Waals surface area contributed by atoms with Crippen LogP contribution in [0, 0.1) is 6.92 Å². The van der Waals surface area contributed by atoms with Crippen LogP contribution in [-0.2, 0) is 0 Å². The summed E-state index contributed by atoms with van der Waals surface area (Å²) in [6.07, 6.45) is 1.53. The lowest BCUT2D eigenvalue weighted by atomic mass is 10.2. The van der Waals surface area contributed by atoms with Gasteiger partial charge in [-0.25, -0.2) is 4.98 Å². The van der Waals surface area contributed by atoms with Gasteiger partial charge in [-0.3, -0.25) is 4.79 Å². The smallest absolute Gasteiger partial charge is 0.274 e. The number of benzene rings is 1. The van der Waals surface area contributed by atoms with Crippen LogP contribution >= 0.6 is 23.2 Å². The molecule has 0 saturated carbocycles. The third-order valence-electron chi connectivity index (χ3n) is 3.10. The molecular formula is C16H12Cl2N4O2. The number of aromatic nitrogens is 2. The van der Waals surface area contributed by atoms with Gasteiger partial charge < -0.3 is 15.2 Å². The Morgan fingerprint density at radius 1 is 1.21 bits per heavy atom. The zero-order valence-electron chi connectivity index (χ0n) is 12.5. The van der Waals surface area contributed by atoms with Crippen LogP contribution in [-0.4, -0.2) is 16.0 Å². The van der Waals surface area contributed by atoms with Crippen LogP contribution in [0.2, 0.25) is 10.0 Å². The minimum Gasteiger partial charge on any atom is -0.360 e. The Hall–Kier alpha value is -2.57. The second-order valence-electron chi connectivity index (χ2n) is 4.94. The topological polar surface area (TPSA) is 80.0 Å². The maximum atomic E-state index is 12.2. The number of nitrogens with one attached hydrogen (secondary N) is 2. The monoisotopic (exact) mass is 362 g/mol. The number of hydrogen-bond acceptors (Lipinski definition) is 5. The summed E-state index contributed by atoms with van der Waals surface area (Å²) in [6.45, 7) is 1.80. The van der Waals surface area contributed by atoms with Gasteiger partial charge in [0.1, 0.15) is 11.5 Å². The molecule has 0 fully saturated rings. The second kappa shape index (κ2) is 6.90. The average molecular weight is 363 g/mol. The molecule has 0 radical (unpaired) electrons. The summed E-state index contributed by atoms with van der Waals surface area (Å²) in [7, 11) is 0. The van der Waals surface area contributed by atoms with E-state index in [0.29, 0.717) is 28.0 Å². The standard InChI is InChI=1S/C16H12Cl2N4O2/c1-9-7-14(22-24-9)20-10-5-6-13(19-8-10)16(23)21-12-4-2-3-11(17)15(12)18/h2-8H,1H3,(H,20,22)(H,21,23). The van der Waals surface area contributed by atoms with Gasteiger partial charge in [-0.15, -0.1) is 0 Å². The summed E-state index contributed by atoms with van der Waals surface area (Å²) in [6, 6.07) is 10.1. The zero-order valence-corrected chi connectivity index (χ0v) is 14.0. The van der Waals surface area contributed by atoms with Crippen LogP contribution in [0.4, 0.5) is 17.2 Å². The van der Waals surface area contributed by atoms with Crippen molar-refractivity contribution < 1.29 is 9.32 Å². The second-order valence-corrected chi connectivity index (χ2v) is 5.72. The molecule has 24 heavy (non-hydrogen) atoms. The normalized spacial score (nSPS) is 10.5. The van der Waals surface area contributed by atoms with Crippen molar-refractivity contribution in [3.63, 3.8) is 0 Å². The average Bonchev–Trinajstić information content (AvgIpc) is 2.97. The number of halogens is 2. The quantitative estimate of drug-likeness (QED) is 0.704. The summed E-state index contributed by atoms with van der Waals surface area (Å²) in [5.41, 5.74) is 1.35. The minimum atomic E-state index is -0.386. The maximum Gasteiger partial charge on any atom is 0.274 e. The number of aryl methyl sites for hydroxylation is 1. The zero-order chi connectivity index (χ0) is 17.1. The van der Waals surface area contributed by atoms with Gasteiger partial charge in [-0.1, -0.05) is 34.4 Å². The van der Waals surface area contributed by atoms with Gasteiger partial charge in [-0.2, -0.15) is 0 Å². The fourth-order valence-corrected chi connectivity index (χ4v) is 2.31. The molecule has 0 spiro atoms. The van der Waals surface area contributed by atoms with Crippen molar-refractivity contribution in [2.24, 2.45) is 0 Å². The maximum absolute atomic E-state index is 12.2. The Morgan fingerprint density at radius 3 is 2.71 bits per heavy atom. The first-order valence-electron chi connectivity index (χ1n) is 6.94. The third kappa shape index (κ3) is 3.67. The highest BCUT2D eigenvalue weighted by Crippen LogP contribution is 2.29. The number of carbonyl (C=O) groups excluding carboxylic acids is 1. The molecule has 0 aliphatic carbocycles. The van der Waals surface area contributed by atoms with Crippen LogP contribution in [0.5, 0.6) is 0 Å². The molecule has 2 aromatic heterocycles. The number of carbonyl (C=O) groups is 1. The molecule has 0 unspecified atom stereocenters. The van der Waals surface area contributed by atoms with Gasteiger partial charge in [0.15, 0.2) is 5.82 Å². The number of pyridine rings is 1. The van der Waals surface area contributed by atoms with Crippen LogP contribution < -0.4 is 10.6 Å². The molecule has 1 amide bonds. The lowest BCUT2D eigenvalue weighted by Crippen LogP contribution is -2.14. The lowest BCUT2D eigenvalue weighted by molar-refractivity contribution is 0.102. The molecule has 0 aliphatic rings. The summed E-state index contributed by atoms with van der Waals surface area (Å²) < 4.78 is 4.97. The molecule has 2 N–H and O–H groups in total. The molecule has 3 rings (SSSR count). The highest BCUT2D eigenvalue weighted by molar-refractivity contribution is 6.44. The highest BCUT2D eigenvalue weighted by atomic mass is 35.5. The fraction of sp³-hybridized carbons (Fsp3) is 0.0625. The molecule has 0 bridgehead atoms. The predicted octanol–water partition coefficient (Wildman–Crippen LogP) is 4.68. The van der Waals surface area contributed by atoms with E-state index in [1.807, 2.05) is 0 Å². The van der Waals surface area contributed by atoms with Crippen LogP contribution in [0.3, 0.4) is 0 Å². The number of amides is 1. The van der Waals surface area contributed by atoms with E-state index in [1.165, 1.54) is 6.20 Å². The van der Waals surface area contributed by atoms with E-state index >= 15 is 0 Å². The molecule has 0 saturated heterocycles. The van der Waals surface area contributed by atoms with E-state index in [4.69, 9.17) is 27.7 Å². The Bertz CT molecular complexity index is 878. The van der Waals surface area contributed by atoms with E-state index in [-0.39, 0.29) is 16.6 Å². The predicted molar refractivity (Wildman–Crippen MR) is 93.2 cm³/mol. The van der Waals surface area contributed by atoms with Crippen LogP contribution in [0.25, 0.3) is 0 Å². The number of rotatable bonds is 4. The molecule has 1 aromatic carbocycles. The van der Waals surface area contributed by atoms with Gasteiger partial charge in [0.2, 0.25) is 0 Å². The third-order valence-corrected chi connectivity index (χ3v) is 3.92. The number of nitrogens with zero attached hydrogens (tertiary/aromatic N) is 2. The molecule has 3 aromatic rings. The molecule has 0 aliphatic heterocycles. The van der Waals surface area contributed by atoms with Crippen molar-refractivity contribution in [1.82, 2.24) is 10.1 Å². The first-order valence-corrected chi connectivity index (χ1v) is 7.70. The van der Waals surface area contributed by atoms with Crippen LogP contribution in [0.1, 0.15) is 16.2 Å². The van der Waals surface area contributed by atoms with Crippen molar-refractivity contribution in [2.75, 3.05) is 10.6 Å². The van der Waals surface area contributed by atoms with Crippen molar-refractivity contribution in [1.29, 1.82) is 0 Å². The Labute approximate surface area is 147 Å². The fourth-order valence-electron chi connectivity index (χ4n) is 1.96. The lowest BCUT2D eigenvalue weighted by Gasteiger charge is -2.08. The van der Waals surface area contributed by atoms with E-state index in [9.17, 15) is 4.79 Å². The van der Waals surface area contributed by atoms with Crippen molar-refractivity contribution in [3.8, 4) is 0 Å². The minimum absolute atomic E-state index is 0.243. The molecule has 122 valence electrons. The van der Waals surface area contributed by atoms with Crippen molar-refractivity contribution in [3.05, 3.63) is 64.1 Å². The highest BCUT2D eigenvalue weighted by Gasteiger charge is 2.11. The van der Waals surface area contributed by atoms with E-state index in [0.717, 1.165) is 0 Å².